The smallest absolute Gasteiger partial charge is 0.242 e. The first-order chi connectivity index (χ1) is 11.4. The van der Waals surface area contributed by atoms with Crippen LogP contribution in [0, 0.1) is 12.8 Å². The number of imidazole rings is 1. The Kier molecular flexibility index (Phi) is 4.15. The largest absolute Gasteiger partial charge is 0.367 e. The number of aromatic amines is 1. The minimum Gasteiger partial charge on any atom is -0.367 e. The van der Waals surface area contributed by atoms with Gasteiger partial charge in [-0.15, -0.1) is 0 Å². The van der Waals surface area contributed by atoms with Crippen molar-refractivity contribution in [1.29, 1.82) is 0 Å². The number of amides is 1. The van der Waals surface area contributed by atoms with Gasteiger partial charge in [-0.3, -0.25) is 4.79 Å². The van der Waals surface area contributed by atoms with Gasteiger partial charge in [-0.2, -0.15) is 0 Å². The van der Waals surface area contributed by atoms with E-state index in [1.807, 2.05) is 39.0 Å². The minimum atomic E-state index is -0.247. The minimum absolute atomic E-state index is 0.0403. The van der Waals surface area contributed by atoms with Crippen molar-refractivity contribution in [1.82, 2.24) is 35.5 Å². The summed E-state index contributed by atoms with van der Waals surface area (Å²) < 4.78 is 1.24. The summed E-state index contributed by atoms with van der Waals surface area (Å²) in [5, 5.41) is 13.6. The third-order valence-electron chi connectivity index (χ3n) is 3.79. The third-order valence-corrected chi connectivity index (χ3v) is 3.79. The lowest BCUT2D eigenvalue weighted by Crippen LogP contribution is -2.35. The average molecular weight is 328 g/mol. The van der Waals surface area contributed by atoms with Gasteiger partial charge < -0.3 is 16.0 Å². The lowest BCUT2D eigenvalue weighted by atomic mass is 10.0. The molecule has 0 bridgehead atoms. The molecule has 4 N–H and O–H groups in total. The van der Waals surface area contributed by atoms with Crippen molar-refractivity contribution in [3.05, 3.63) is 29.6 Å². The van der Waals surface area contributed by atoms with Gasteiger partial charge in [-0.25, -0.2) is 9.67 Å². The maximum atomic E-state index is 12.3. The van der Waals surface area contributed by atoms with Crippen molar-refractivity contribution >= 4 is 22.9 Å². The lowest BCUT2D eigenvalue weighted by molar-refractivity contribution is -0.123. The number of tetrazole rings is 1. The van der Waals surface area contributed by atoms with E-state index in [2.05, 4.69) is 30.8 Å². The second kappa shape index (κ2) is 6.26. The summed E-state index contributed by atoms with van der Waals surface area (Å²) in [6.07, 6.45) is 0. The number of benzene rings is 1. The molecule has 0 aliphatic carbocycles. The van der Waals surface area contributed by atoms with Crippen LogP contribution in [0.4, 0.5) is 5.95 Å². The lowest BCUT2D eigenvalue weighted by Gasteiger charge is -2.20. The van der Waals surface area contributed by atoms with E-state index in [0.717, 1.165) is 22.4 Å². The molecule has 0 saturated carbocycles. The van der Waals surface area contributed by atoms with Crippen molar-refractivity contribution in [3.63, 3.8) is 0 Å². The molecule has 1 atom stereocenters. The Hall–Kier alpha value is -2.97. The molecule has 0 saturated heterocycles. The molecule has 126 valence electrons. The molecule has 1 unspecified atom stereocenters. The fourth-order valence-electron chi connectivity index (χ4n) is 2.52. The second-order valence-electron chi connectivity index (χ2n) is 6.13. The standard InChI is InChI=1S/C15H20N8O/c1-8(2)13(19-12(24)7-23-15(16)20-21-22-23)14-17-10-5-4-9(3)6-11(10)18-14/h4-6,8,13H,7H2,1-3H3,(H,17,18)(H,19,24)(H2,16,20,22). The summed E-state index contributed by atoms with van der Waals surface area (Å²) in [6, 6.07) is 5.76. The van der Waals surface area contributed by atoms with Crippen molar-refractivity contribution in [2.75, 3.05) is 5.73 Å². The molecule has 3 rings (SSSR count). The van der Waals surface area contributed by atoms with Gasteiger partial charge in [-0.05, 0) is 41.0 Å². The number of nitrogen functional groups attached to an aromatic ring is 1. The highest BCUT2D eigenvalue weighted by Gasteiger charge is 2.22. The number of carbonyl (C=O) groups is 1. The average Bonchev–Trinajstić information content (AvgIpc) is 3.10. The fraction of sp³-hybridized carbons (Fsp3) is 0.400. The number of fused-ring (bicyclic) bond motifs is 1. The van der Waals surface area contributed by atoms with E-state index < -0.39 is 0 Å². The quantitative estimate of drug-likeness (QED) is 0.640. The number of anilines is 1. The van der Waals surface area contributed by atoms with Gasteiger partial charge in [0.15, 0.2) is 0 Å². The van der Waals surface area contributed by atoms with E-state index in [0.29, 0.717) is 0 Å². The van der Waals surface area contributed by atoms with E-state index in [9.17, 15) is 4.79 Å². The molecule has 24 heavy (non-hydrogen) atoms. The Labute approximate surface area is 138 Å². The molecule has 9 heteroatoms. The number of hydrogen-bond acceptors (Lipinski definition) is 6. The van der Waals surface area contributed by atoms with Gasteiger partial charge in [0, 0.05) is 0 Å². The second-order valence-corrected chi connectivity index (χ2v) is 6.13. The van der Waals surface area contributed by atoms with E-state index in [-0.39, 0.29) is 30.4 Å². The molecule has 0 aliphatic rings. The van der Waals surface area contributed by atoms with Crippen LogP contribution >= 0.6 is 0 Å². The zero-order chi connectivity index (χ0) is 17.3. The van der Waals surface area contributed by atoms with Crippen LogP contribution < -0.4 is 11.1 Å². The summed E-state index contributed by atoms with van der Waals surface area (Å²) in [5.41, 5.74) is 8.56. The van der Waals surface area contributed by atoms with E-state index >= 15 is 0 Å². The maximum absolute atomic E-state index is 12.3. The zero-order valence-electron chi connectivity index (χ0n) is 13.8. The van der Waals surface area contributed by atoms with Crippen molar-refractivity contribution in [2.45, 2.75) is 33.4 Å². The van der Waals surface area contributed by atoms with Crippen LogP contribution in [0.2, 0.25) is 0 Å². The SMILES string of the molecule is Cc1ccc2nc(C(NC(=O)Cn3nnnc3N)C(C)C)[nH]c2c1. The van der Waals surface area contributed by atoms with Crippen LogP contribution in [0.3, 0.4) is 0 Å². The Bertz CT molecular complexity index is 865. The molecule has 0 spiro atoms. The van der Waals surface area contributed by atoms with Crippen LogP contribution in [0.1, 0.15) is 31.3 Å². The summed E-state index contributed by atoms with van der Waals surface area (Å²) in [5.74, 6) is 0.750. The molecule has 2 aromatic heterocycles. The number of nitrogens with two attached hydrogens (primary N) is 1. The predicted molar refractivity (Wildman–Crippen MR) is 88.8 cm³/mol. The van der Waals surface area contributed by atoms with Crippen molar-refractivity contribution in [2.24, 2.45) is 5.92 Å². The highest BCUT2D eigenvalue weighted by molar-refractivity contribution is 5.78. The number of nitrogens with zero attached hydrogens (tertiary/aromatic N) is 5. The van der Waals surface area contributed by atoms with Crippen LogP contribution in [-0.4, -0.2) is 36.1 Å². The summed E-state index contributed by atoms with van der Waals surface area (Å²) in [6.45, 7) is 6.03. The summed E-state index contributed by atoms with van der Waals surface area (Å²) in [7, 11) is 0. The molecule has 9 nitrogen and oxygen atoms in total. The van der Waals surface area contributed by atoms with Gasteiger partial charge in [0.2, 0.25) is 11.9 Å². The van der Waals surface area contributed by atoms with Crippen molar-refractivity contribution < 1.29 is 4.79 Å². The van der Waals surface area contributed by atoms with E-state index in [1.165, 1.54) is 4.68 Å². The van der Waals surface area contributed by atoms with Gasteiger partial charge in [0.1, 0.15) is 12.4 Å². The number of aryl methyl sites for hydroxylation is 1. The Morgan fingerprint density at radius 3 is 2.88 bits per heavy atom. The highest BCUT2D eigenvalue weighted by atomic mass is 16.2. The van der Waals surface area contributed by atoms with Crippen LogP contribution in [-0.2, 0) is 11.3 Å². The van der Waals surface area contributed by atoms with E-state index in [4.69, 9.17) is 5.73 Å². The molecule has 0 aliphatic heterocycles. The first kappa shape index (κ1) is 15.9. The molecule has 1 amide bonds. The van der Waals surface area contributed by atoms with Gasteiger partial charge in [0.05, 0.1) is 17.1 Å². The highest BCUT2D eigenvalue weighted by Crippen LogP contribution is 2.22. The normalized spacial score (nSPS) is 12.7. The molecule has 0 radical (unpaired) electrons. The number of nitrogens with one attached hydrogen (secondary N) is 2. The monoisotopic (exact) mass is 328 g/mol. The van der Waals surface area contributed by atoms with Crippen LogP contribution in [0.25, 0.3) is 11.0 Å². The maximum Gasteiger partial charge on any atom is 0.242 e. The molecule has 1 aromatic carbocycles. The Morgan fingerprint density at radius 2 is 2.21 bits per heavy atom. The molecular weight excluding hydrogens is 308 g/mol. The topological polar surface area (TPSA) is 127 Å². The molecule has 0 fully saturated rings. The Morgan fingerprint density at radius 1 is 1.42 bits per heavy atom. The Balaban J connectivity index is 1.80. The van der Waals surface area contributed by atoms with Crippen LogP contribution in [0.15, 0.2) is 18.2 Å². The van der Waals surface area contributed by atoms with Gasteiger partial charge >= 0.3 is 0 Å². The van der Waals surface area contributed by atoms with Gasteiger partial charge in [0.25, 0.3) is 0 Å². The summed E-state index contributed by atoms with van der Waals surface area (Å²) in [4.78, 5) is 20.2. The number of H-pyrrole nitrogens is 1. The number of aromatic nitrogens is 6. The molecular formula is C15H20N8O. The number of carbonyl (C=O) groups excluding carboxylic acids is 1. The zero-order valence-corrected chi connectivity index (χ0v) is 13.8. The van der Waals surface area contributed by atoms with Gasteiger partial charge in [-0.1, -0.05) is 25.0 Å². The first-order valence-corrected chi connectivity index (χ1v) is 7.71. The fourth-order valence-corrected chi connectivity index (χ4v) is 2.52. The number of hydrogen-bond donors (Lipinski definition) is 3. The molecule has 2 heterocycles. The van der Waals surface area contributed by atoms with E-state index in [1.54, 1.807) is 0 Å². The van der Waals surface area contributed by atoms with Crippen LogP contribution in [0.5, 0.6) is 0 Å². The third kappa shape index (κ3) is 3.19. The van der Waals surface area contributed by atoms with Crippen molar-refractivity contribution in [3.8, 4) is 0 Å². The number of rotatable bonds is 5. The predicted octanol–water partition coefficient (Wildman–Crippen LogP) is 0.954. The summed E-state index contributed by atoms with van der Waals surface area (Å²) >= 11 is 0. The molecule has 3 aromatic rings. The first-order valence-electron chi connectivity index (χ1n) is 7.71.